The molecule has 0 aromatic heterocycles. The summed E-state index contributed by atoms with van der Waals surface area (Å²) in [6.45, 7) is 5.14. The van der Waals surface area contributed by atoms with Crippen LogP contribution in [0, 0.1) is 0 Å². The molecule has 0 aromatic carbocycles. The SMILES string of the molecule is COCCC(C)NCCCC1CCCO1. The molecule has 90 valence electrons. The highest BCUT2D eigenvalue weighted by Crippen LogP contribution is 2.16. The number of hydrogen-bond donors (Lipinski definition) is 1. The fraction of sp³-hybridized carbons (Fsp3) is 1.00. The molecule has 1 saturated heterocycles. The molecule has 0 aliphatic carbocycles. The Morgan fingerprint density at radius 2 is 2.40 bits per heavy atom. The van der Waals surface area contributed by atoms with Crippen molar-refractivity contribution in [2.45, 2.75) is 51.2 Å². The maximum atomic E-state index is 5.58. The first-order chi connectivity index (χ1) is 7.33. The molecular weight excluding hydrogens is 190 g/mol. The third-order valence-corrected chi connectivity index (χ3v) is 2.97. The molecule has 1 aliphatic heterocycles. The monoisotopic (exact) mass is 215 g/mol. The Balaban J connectivity index is 1.87. The quantitative estimate of drug-likeness (QED) is 0.628. The zero-order valence-electron chi connectivity index (χ0n) is 10.1. The summed E-state index contributed by atoms with van der Waals surface area (Å²) in [5, 5.41) is 3.51. The minimum Gasteiger partial charge on any atom is -0.385 e. The van der Waals surface area contributed by atoms with Gasteiger partial charge in [-0.15, -0.1) is 0 Å². The number of ether oxygens (including phenoxy) is 2. The van der Waals surface area contributed by atoms with Crippen molar-refractivity contribution in [3.63, 3.8) is 0 Å². The smallest absolute Gasteiger partial charge is 0.0576 e. The Kier molecular flexibility index (Phi) is 6.98. The van der Waals surface area contributed by atoms with E-state index in [1.807, 2.05) is 0 Å². The summed E-state index contributed by atoms with van der Waals surface area (Å²) in [6.07, 6.45) is 6.59. The third kappa shape index (κ3) is 6.13. The van der Waals surface area contributed by atoms with Crippen LogP contribution >= 0.6 is 0 Å². The summed E-state index contributed by atoms with van der Waals surface area (Å²) in [5.41, 5.74) is 0. The molecule has 1 aliphatic rings. The molecule has 0 aromatic rings. The van der Waals surface area contributed by atoms with Gasteiger partial charge >= 0.3 is 0 Å². The van der Waals surface area contributed by atoms with Crippen LogP contribution in [-0.2, 0) is 9.47 Å². The Morgan fingerprint density at radius 3 is 3.07 bits per heavy atom. The van der Waals surface area contributed by atoms with Crippen LogP contribution in [0.3, 0.4) is 0 Å². The highest BCUT2D eigenvalue weighted by Gasteiger charge is 2.14. The summed E-state index contributed by atoms with van der Waals surface area (Å²) in [5.74, 6) is 0. The van der Waals surface area contributed by atoms with E-state index in [2.05, 4.69) is 12.2 Å². The van der Waals surface area contributed by atoms with Crippen molar-refractivity contribution >= 4 is 0 Å². The van der Waals surface area contributed by atoms with Gasteiger partial charge in [-0.1, -0.05) is 0 Å². The lowest BCUT2D eigenvalue weighted by Gasteiger charge is -2.14. The predicted octanol–water partition coefficient (Wildman–Crippen LogP) is 1.96. The molecule has 0 radical (unpaired) electrons. The molecule has 15 heavy (non-hydrogen) atoms. The molecule has 2 unspecified atom stereocenters. The first-order valence-electron chi connectivity index (χ1n) is 6.17. The van der Waals surface area contributed by atoms with Gasteiger partial charge < -0.3 is 14.8 Å². The van der Waals surface area contributed by atoms with Crippen molar-refractivity contribution in [2.75, 3.05) is 26.9 Å². The minimum atomic E-state index is 0.543. The van der Waals surface area contributed by atoms with Crippen molar-refractivity contribution in [3.8, 4) is 0 Å². The van der Waals surface area contributed by atoms with Crippen LogP contribution in [0.4, 0.5) is 0 Å². The van der Waals surface area contributed by atoms with E-state index in [0.717, 1.165) is 26.2 Å². The van der Waals surface area contributed by atoms with Crippen molar-refractivity contribution < 1.29 is 9.47 Å². The molecule has 1 N–H and O–H groups in total. The zero-order chi connectivity index (χ0) is 10.9. The molecule has 3 nitrogen and oxygen atoms in total. The maximum Gasteiger partial charge on any atom is 0.0576 e. The normalized spacial score (nSPS) is 23.2. The molecule has 1 rings (SSSR count). The van der Waals surface area contributed by atoms with Gasteiger partial charge in [0.15, 0.2) is 0 Å². The summed E-state index contributed by atoms with van der Waals surface area (Å²) in [4.78, 5) is 0. The van der Waals surface area contributed by atoms with Crippen molar-refractivity contribution in [2.24, 2.45) is 0 Å². The fourth-order valence-corrected chi connectivity index (χ4v) is 1.95. The van der Waals surface area contributed by atoms with Gasteiger partial charge in [0.05, 0.1) is 6.10 Å². The molecule has 2 atom stereocenters. The number of nitrogens with one attached hydrogen (secondary N) is 1. The van der Waals surface area contributed by atoms with Crippen LogP contribution in [0.25, 0.3) is 0 Å². The van der Waals surface area contributed by atoms with E-state index in [0.29, 0.717) is 12.1 Å². The summed E-state index contributed by atoms with van der Waals surface area (Å²) in [7, 11) is 1.75. The first-order valence-corrected chi connectivity index (χ1v) is 6.17. The largest absolute Gasteiger partial charge is 0.385 e. The van der Waals surface area contributed by atoms with Crippen LogP contribution in [0.1, 0.15) is 39.0 Å². The number of hydrogen-bond acceptors (Lipinski definition) is 3. The highest BCUT2D eigenvalue weighted by molar-refractivity contribution is 4.66. The van der Waals surface area contributed by atoms with E-state index < -0.39 is 0 Å². The van der Waals surface area contributed by atoms with Gasteiger partial charge in [0.1, 0.15) is 0 Å². The predicted molar refractivity (Wildman–Crippen MR) is 62.2 cm³/mol. The lowest BCUT2D eigenvalue weighted by atomic mass is 10.1. The zero-order valence-corrected chi connectivity index (χ0v) is 10.1. The summed E-state index contributed by atoms with van der Waals surface area (Å²) < 4.78 is 10.6. The van der Waals surface area contributed by atoms with Crippen LogP contribution in [0.2, 0.25) is 0 Å². The maximum absolute atomic E-state index is 5.58. The van der Waals surface area contributed by atoms with Crippen LogP contribution in [0.5, 0.6) is 0 Å². The average molecular weight is 215 g/mol. The van der Waals surface area contributed by atoms with E-state index in [4.69, 9.17) is 9.47 Å². The first kappa shape index (κ1) is 12.9. The Hall–Kier alpha value is -0.120. The van der Waals surface area contributed by atoms with E-state index in [1.54, 1.807) is 7.11 Å². The van der Waals surface area contributed by atoms with Gasteiger partial charge in [0, 0.05) is 26.4 Å². The average Bonchev–Trinajstić information content (AvgIpc) is 2.74. The second-order valence-electron chi connectivity index (χ2n) is 4.41. The van der Waals surface area contributed by atoms with Gasteiger partial charge in [0.2, 0.25) is 0 Å². The third-order valence-electron chi connectivity index (χ3n) is 2.97. The molecule has 0 bridgehead atoms. The number of rotatable bonds is 8. The molecule has 1 heterocycles. The lowest BCUT2D eigenvalue weighted by Crippen LogP contribution is -2.28. The Bertz CT molecular complexity index is 147. The van der Waals surface area contributed by atoms with Gasteiger partial charge in [-0.2, -0.15) is 0 Å². The van der Waals surface area contributed by atoms with Crippen LogP contribution in [-0.4, -0.2) is 39.0 Å². The van der Waals surface area contributed by atoms with Gasteiger partial charge in [-0.3, -0.25) is 0 Å². The van der Waals surface area contributed by atoms with Gasteiger partial charge in [-0.05, 0) is 45.6 Å². The van der Waals surface area contributed by atoms with E-state index in [1.165, 1.54) is 25.7 Å². The fourth-order valence-electron chi connectivity index (χ4n) is 1.95. The molecule has 3 heteroatoms. The van der Waals surface area contributed by atoms with E-state index >= 15 is 0 Å². The van der Waals surface area contributed by atoms with Gasteiger partial charge in [0.25, 0.3) is 0 Å². The molecule has 0 saturated carbocycles. The number of methoxy groups -OCH3 is 1. The molecular formula is C12H25NO2. The second kappa shape index (κ2) is 8.08. The molecule has 0 spiro atoms. The molecule has 0 amide bonds. The Labute approximate surface area is 93.5 Å². The molecule has 1 fully saturated rings. The van der Waals surface area contributed by atoms with Crippen LogP contribution in [0.15, 0.2) is 0 Å². The summed E-state index contributed by atoms with van der Waals surface area (Å²) in [6, 6.07) is 0.564. The van der Waals surface area contributed by atoms with Gasteiger partial charge in [-0.25, -0.2) is 0 Å². The Morgan fingerprint density at radius 1 is 1.53 bits per heavy atom. The standard InChI is InChI=1S/C12H25NO2/c1-11(7-10-14-2)13-8-3-5-12-6-4-9-15-12/h11-13H,3-10H2,1-2H3. The van der Waals surface area contributed by atoms with Crippen molar-refractivity contribution in [3.05, 3.63) is 0 Å². The topological polar surface area (TPSA) is 30.5 Å². The van der Waals surface area contributed by atoms with E-state index in [-0.39, 0.29) is 0 Å². The lowest BCUT2D eigenvalue weighted by molar-refractivity contribution is 0.102. The summed E-state index contributed by atoms with van der Waals surface area (Å²) >= 11 is 0. The minimum absolute atomic E-state index is 0.543. The second-order valence-corrected chi connectivity index (χ2v) is 4.41. The van der Waals surface area contributed by atoms with Crippen LogP contribution < -0.4 is 5.32 Å². The highest BCUT2D eigenvalue weighted by atomic mass is 16.5. The van der Waals surface area contributed by atoms with Crippen molar-refractivity contribution in [1.82, 2.24) is 5.32 Å². The van der Waals surface area contributed by atoms with Crippen molar-refractivity contribution in [1.29, 1.82) is 0 Å². The van der Waals surface area contributed by atoms with E-state index in [9.17, 15) is 0 Å².